The zero-order chi connectivity index (χ0) is 9.80. The molecule has 0 unspecified atom stereocenters. The SMILES string of the molecule is CNc1cnc(-c2ccncc2)cn1. The molecule has 2 rings (SSSR count). The van der Waals surface area contributed by atoms with Crippen molar-refractivity contribution in [1.82, 2.24) is 15.0 Å². The summed E-state index contributed by atoms with van der Waals surface area (Å²) in [6.07, 6.45) is 6.92. The maximum Gasteiger partial charge on any atom is 0.144 e. The molecule has 0 atom stereocenters. The van der Waals surface area contributed by atoms with E-state index in [0.717, 1.165) is 17.1 Å². The van der Waals surface area contributed by atoms with E-state index in [1.807, 2.05) is 19.2 Å². The van der Waals surface area contributed by atoms with Gasteiger partial charge in [0.15, 0.2) is 0 Å². The monoisotopic (exact) mass is 186 g/mol. The highest BCUT2D eigenvalue weighted by Crippen LogP contribution is 2.14. The van der Waals surface area contributed by atoms with Crippen LogP contribution in [0.4, 0.5) is 5.82 Å². The predicted molar refractivity (Wildman–Crippen MR) is 54.8 cm³/mol. The Kier molecular flexibility index (Phi) is 2.36. The van der Waals surface area contributed by atoms with Crippen LogP contribution in [0.1, 0.15) is 0 Å². The van der Waals surface area contributed by atoms with Crippen molar-refractivity contribution >= 4 is 5.82 Å². The van der Waals surface area contributed by atoms with Crippen molar-refractivity contribution in [2.45, 2.75) is 0 Å². The average Bonchev–Trinajstić information content (AvgIpc) is 2.30. The summed E-state index contributed by atoms with van der Waals surface area (Å²) in [4.78, 5) is 12.4. The standard InChI is InChI=1S/C10H10N4/c1-11-10-7-13-9(6-14-10)8-2-4-12-5-3-8/h2-7H,1H3,(H,11,14). The van der Waals surface area contributed by atoms with E-state index in [0.29, 0.717) is 0 Å². The molecule has 0 aliphatic heterocycles. The lowest BCUT2D eigenvalue weighted by Gasteiger charge is -2.01. The molecule has 4 nitrogen and oxygen atoms in total. The zero-order valence-electron chi connectivity index (χ0n) is 7.81. The first-order valence-corrected chi connectivity index (χ1v) is 4.30. The lowest BCUT2D eigenvalue weighted by Crippen LogP contribution is -1.93. The number of anilines is 1. The van der Waals surface area contributed by atoms with Crippen molar-refractivity contribution in [2.24, 2.45) is 0 Å². The predicted octanol–water partition coefficient (Wildman–Crippen LogP) is 1.58. The van der Waals surface area contributed by atoms with Crippen LogP contribution in [0.2, 0.25) is 0 Å². The van der Waals surface area contributed by atoms with Gasteiger partial charge in [-0.05, 0) is 12.1 Å². The third kappa shape index (κ3) is 1.69. The largest absolute Gasteiger partial charge is 0.372 e. The number of pyridine rings is 1. The molecule has 0 bridgehead atoms. The Morgan fingerprint density at radius 2 is 1.86 bits per heavy atom. The Morgan fingerprint density at radius 1 is 1.07 bits per heavy atom. The van der Waals surface area contributed by atoms with Crippen LogP contribution in [0.15, 0.2) is 36.9 Å². The van der Waals surface area contributed by atoms with Crippen LogP contribution in [0.3, 0.4) is 0 Å². The number of hydrogen-bond acceptors (Lipinski definition) is 4. The Labute approximate surface area is 82.1 Å². The normalized spacial score (nSPS) is 9.79. The number of aromatic nitrogens is 3. The Morgan fingerprint density at radius 3 is 2.43 bits per heavy atom. The Hall–Kier alpha value is -1.97. The molecule has 0 amide bonds. The summed E-state index contributed by atoms with van der Waals surface area (Å²) in [5.41, 5.74) is 1.88. The first kappa shape index (κ1) is 8.62. The highest BCUT2D eigenvalue weighted by Gasteiger charge is 1.98. The lowest BCUT2D eigenvalue weighted by atomic mass is 10.2. The van der Waals surface area contributed by atoms with Crippen LogP contribution in [-0.2, 0) is 0 Å². The average molecular weight is 186 g/mol. The molecule has 0 saturated carbocycles. The van der Waals surface area contributed by atoms with Crippen LogP contribution in [-0.4, -0.2) is 22.0 Å². The molecule has 14 heavy (non-hydrogen) atoms. The van der Waals surface area contributed by atoms with E-state index in [9.17, 15) is 0 Å². The maximum absolute atomic E-state index is 4.27. The molecule has 0 fully saturated rings. The Balaban J connectivity index is 2.34. The molecular formula is C10H10N4. The van der Waals surface area contributed by atoms with E-state index in [-0.39, 0.29) is 0 Å². The van der Waals surface area contributed by atoms with Gasteiger partial charge >= 0.3 is 0 Å². The second kappa shape index (κ2) is 3.83. The van der Waals surface area contributed by atoms with Gasteiger partial charge in [-0.15, -0.1) is 0 Å². The molecule has 1 N–H and O–H groups in total. The van der Waals surface area contributed by atoms with Gasteiger partial charge in [-0.25, -0.2) is 4.98 Å². The van der Waals surface area contributed by atoms with Gasteiger partial charge in [0.2, 0.25) is 0 Å². The van der Waals surface area contributed by atoms with Gasteiger partial charge in [0.05, 0.1) is 18.1 Å². The maximum atomic E-state index is 4.27. The lowest BCUT2D eigenvalue weighted by molar-refractivity contribution is 1.19. The third-order valence-corrected chi connectivity index (χ3v) is 1.88. The molecule has 0 aliphatic carbocycles. The van der Waals surface area contributed by atoms with Gasteiger partial charge in [0.25, 0.3) is 0 Å². The number of nitrogens with zero attached hydrogens (tertiary/aromatic N) is 3. The van der Waals surface area contributed by atoms with E-state index < -0.39 is 0 Å². The molecule has 2 aromatic heterocycles. The number of nitrogens with one attached hydrogen (secondary N) is 1. The number of rotatable bonds is 2. The molecule has 0 aromatic carbocycles. The second-order valence-electron chi connectivity index (χ2n) is 2.77. The second-order valence-corrected chi connectivity index (χ2v) is 2.77. The highest BCUT2D eigenvalue weighted by molar-refractivity contribution is 5.57. The van der Waals surface area contributed by atoms with E-state index in [2.05, 4.69) is 20.3 Å². The van der Waals surface area contributed by atoms with E-state index >= 15 is 0 Å². The molecule has 70 valence electrons. The van der Waals surface area contributed by atoms with Gasteiger partial charge in [0.1, 0.15) is 5.82 Å². The van der Waals surface area contributed by atoms with Gasteiger partial charge in [-0.3, -0.25) is 9.97 Å². The van der Waals surface area contributed by atoms with Crippen molar-refractivity contribution in [1.29, 1.82) is 0 Å². The van der Waals surface area contributed by atoms with E-state index in [1.54, 1.807) is 24.8 Å². The quantitative estimate of drug-likeness (QED) is 0.773. The Bertz CT molecular complexity index is 396. The van der Waals surface area contributed by atoms with Crippen molar-refractivity contribution in [2.75, 3.05) is 12.4 Å². The zero-order valence-corrected chi connectivity index (χ0v) is 7.81. The van der Waals surface area contributed by atoms with Crippen LogP contribution in [0.25, 0.3) is 11.3 Å². The van der Waals surface area contributed by atoms with Crippen molar-refractivity contribution < 1.29 is 0 Å². The minimum Gasteiger partial charge on any atom is -0.372 e. The molecule has 0 saturated heterocycles. The van der Waals surface area contributed by atoms with Gasteiger partial charge < -0.3 is 5.32 Å². The topological polar surface area (TPSA) is 50.7 Å². The summed E-state index contributed by atoms with van der Waals surface area (Å²) >= 11 is 0. The first-order chi connectivity index (χ1) is 6.90. The number of hydrogen-bond donors (Lipinski definition) is 1. The molecule has 0 radical (unpaired) electrons. The summed E-state index contributed by atoms with van der Waals surface area (Å²) < 4.78 is 0. The molecule has 4 heteroatoms. The molecular weight excluding hydrogens is 176 g/mol. The summed E-state index contributed by atoms with van der Waals surface area (Å²) in [6.45, 7) is 0. The fourth-order valence-corrected chi connectivity index (χ4v) is 1.13. The molecule has 2 aromatic rings. The smallest absolute Gasteiger partial charge is 0.144 e. The summed E-state index contributed by atoms with van der Waals surface area (Å²) in [5.74, 6) is 0.766. The van der Waals surface area contributed by atoms with E-state index in [1.165, 1.54) is 0 Å². The first-order valence-electron chi connectivity index (χ1n) is 4.30. The third-order valence-electron chi connectivity index (χ3n) is 1.88. The minimum absolute atomic E-state index is 0.766. The minimum atomic E-state index is 0.766. The van der Waals surface area contributed by atoms with Crippen LogP contribution >= 0.6 is 0 Å². The molecule has 0 spiro atoms. The van der Waals surface area contributed by atoms with Gasteiger partial charge in [-0.2, -0.15) is 0 Å². The van der Waals surface area contributed by atoms with Crippen LogP contribution < -0.4 is 5.32 Å². The van der Waals surface area contributed by atoms with Crippen LogP contribution in [0, 0.1) is 0 Å². The van der Waals surface area contributed by atoms with Crippen molar-refractivity contribution in [3.63, 3.8) is 0 Å². The van der Waals surface area contributed by atoms with Gasteiger partial charge in [-0.1, -0.05) is 0 Å². The highest BCUT2D eigenvalue weighted by atomic mass is 15.0. The summed E-state index contributed by atoms with van der Waals surface area (Å²) in [5, 5.41) is 2.92. The van der Waals surface area contributed by atoms with Gasteiger partial charge in [0, 0.05) is 25.0 Å². The van der Waals surface area contributed by atoms with E-state index in [4.69, 9.17) is 0 Å². The molecule has 0 aliphatic rings. The van der Waals surface area contributed by atoms with Crippen molar-refractivity contribution in [3.05, 3.63) is 36.9 Å². The summed E-state index contributed by atoms with van der Waals surface area (Å²) in [7, 11) is 1.82. The fraction of sp³-hybridized carbons (Fsp3) is 0.100. The fourth-order valence-electron chi connectivity index (χ4n) is 1.13. The van der Waals surface area contributed by atoms with Crippen LogP contribution in [0.5, 0.6) is 0 Å². The summed E-state index contributed by atoms with van der Waals surface area (Å²) in [6, 6.07) is 3.81. The molecule has 2 heterocycles. The van der Waals surface area contributed by atoms with Crippen molar-refractivity contribution in [3.8, 4) is 11.3 Å².